The first-order valence-corrected chi connectivity index (χ1v) is 6.71. The van der Waals surface area contributed by atoms with Crippen LogP contribution in [0.3, 0.4) is 0 Å². The van der Waals surface area contributed by atoms with Gasteiger partial charge in [0.2, 0.25) is 0 Å². The molecule has 1 amide bonds. The zero-order valence-electron chi connectivity index (χ0n) is 10.0. The highest BCUT2D eigenvalue weighted by atomic mass is 35.5. The molecule has 17 heavy (non-hydrogen) atoms. The van der Waals surface area contributed by atoms with Crippen molar-refractivity contribution in [3.8, 4) is 0 Å². The summed E-state index contributed by atoms with van der Waals surface area (Å²) in [6, 6.07) is 1.91. The van der Waals surface area contributed by atoms with E-state index in [0.29, 0.717) is 5.92 Å². The maximum Gasteiger partial charge on any atom is 0.254 e. The molecule has 1 aromatic heterocycles. The van der Waals surface area contributed by atoms with E-state index < -0.39 is 0 Å². The standard InChI is InChI=1S/C12H18N2OS.ClH/c1-13-7-10-3-2-5-14(8-10)12(15)11-4-6-16-9-11;/h4,6,9-10,13H,2-3,5,7-8H2,1H3;1H. The van der Waals surface area contributed by atoms with E-state index in [1.165, 1.54) is 6.42 Å². The van der Waals surface area contributed by atoms with Gasteiger partial charge < -0.3 is 10.2 Å². The van der Waals surface area contributed by atoms with Crippen molar-refractivity contribution in [2.45, 2.75) is 12.8 Å². The third-order valence-electron chi connectivity index (χ3n) is 3.07. The van der Waals surface area contributed by atoms with Crippen LogP contribution in [0, 0.1) is 5.92 Å². The first kappa shape index (κ1) is 14.5. The summed E-state index contributed by atoms with van der Waals surface area (Å²) in [5.74, 6) is 0.809. The molecule has 1 aromatic rings. The Hall–Kier alpha value is -0.580. The summed E-state index contributed by atoms with van der Waals surface area (Å²) in [5, 5.41) is 7.09. The van der Waals surface area contributed by atoms with Gasteiger partial charge in [-0.15, -0.1) is 12.4 Å². The number of carbonyl (C=O) groups excluding carboxylic acids is 1. The van der Waals surface area contributed by atoms with Crippen molar-refractivity contribution in [3.63, 3.8) is 0 Å². The van der Waals surface area contributed by atoms with Crippen molar-refractivity contribution >= 4 is 29.7 Å². The minimum Gasteiger partial charge on any atom is -0.338 e. The fraction of sp³-hybridized carbons (Fsp3) is 0.583. The average molecular weight is 275 g/mol. The van der Waals surface area contributed by atoms with Crippen molar-refractivity contribution in [2.24, 2.45) is 5.92 Å². The molecule has 0 bridgehead atoms. The minimum atomic E-state index is 0. The lowest BCUT2D eigenvalue weighted by Gasteiger charge is -2.32. The molecule has 5 heteroatoms. The lowest BCUT2D eigenvalue weighted by Crippen LogP contribution is -2.42. The Kier molecular flexibility index (Phi) is 5.95. The molecule has 0 aliphatic carbocycles. The molecule has 1 unspecified atom stereocenters. The summed E-state index contributed by atoms with van der Waals surface area (Å²) < 4.78 is 0. The molecule has 1 N–H and O–H groups in total. The molecule has 3 nitrogen and oxygen atoms in total. The number of halogens is 1. The van der Waals surface area contributed by atoms with Crippen LogP contribution < -0.4 is 5.32 Å². The molecule has 1 atom stereocenters. The van der Waals surface area contributed by atoms with E-state index in [9.17, 15) is 4.79 Å². The van der Waals surface area contributed by atoms with Crippen LogP contribution in [0.5, 0.6) is 0 Å². The van der Waals surface area contributed by atoms with Gasteiger partial charge in [-0.1, -0.05) is 0 Å². The van der Waals surface area contributed by atoms with Crippen LogP contribution >= 0.6 is 23.7 Å². The van der Waals surface area contributed by atoms with Crippen molar-refractivity contribution < 1.29 is 4.79 Å². The van der Waals surface area contributed by atoms with Gasteiger partial charge in [0.15, 0.2) is 0 Å². The molecule has 0 spiro atoms. The van der Waals surface area contributed by atoms with Gasteiger partial charge in [0.1, 0.15) is 0 Å². The summed E-state index contributed by atoms with van der Waals surface area (Å²) in [6.07, 6.45) is 2.36. The number of nitrogens with zero attached hydrogens (tertiary/aromatic N) is 1. The Balaban J connectivity index is 0.00000144. The van der Waals surface area contributed by atoms with E-state index in [1.807, 2.05) is 28.8 Å². The molecular weight excluding hydrogens is 256 g/mol. The molecular formula is C12H19ClN2OS. The first-order valence-electron chi connectivity index (χ1n) is 5.77. The first-order chi connectivity index (χ1) is 7.81. The minimum absolute atomic E-state index is 0. The predicted molar refractivity (Wildman–Crippen MR) is 74.1 cm³/mol. The number of hydrogen-bond donors (Lipinski definition) is 1. The van der Waals surface area contributed by atoms with Crippen LogP contribution in [0.1, 0.15) is 23.2 Å². The molecule has 0 aromatic carbocycles. The molecule has 1 fully saturated rings. The predicted octanol–water partition coefficient (Wildman–Crippen LogP) is 2.24. The number of likely N-dealkylation sites (tertiary alicyclic amines) is 1. The number of nitrogens with one attached hydrogen (secondary N) is 1. The van der Waals surface area contributed by atoms with Crippen molar-refractivity contribution in [1.82, 2.24) is 10.2 Å². The van der Waals surface area contributed by atoms with Gasteiger partial charge in [0.05, 0.1) is 5.56 Å². The lowest BCUT2D eigenvalue weighted by molar-refractivity contribution is 0.0675. The highest BCUT2D eigenvalue weighted by Crippen LogP contribution is 2.18. The van der Waals surface area contributed by atoms with Crippen LogP contribution in [0.15, 0.2) is 16.8 Å². The molecule has 2 rings (SSSR count). The number of amides is 1. The maximum atomic E-state index is 12.1. The van der Waals surface area contributed by atoms with Gasteiger partial charge in [0.25, 0.3) is 5.91 Å². The maximum absolute atomic E-state index is 12.1. The fourth-order valence-corrected chi connectivity index (χ4v) is 2.90. The number of thiophene rings is 1. The lowest BCUT2D eigenvalue weighted by atomic mass is 9.97. The van der Waals surface area contributed by atoms with E-state index >= 15 is 0 Å². The number of rotatable bonds is 3. The van der Waals surface area contributed by atoms with Gasteiger partial charge in [-0.25, -0.2) is 0 Å². The quantitative estimate of drug-likeness (QED) is 0.917. The van der Waals surface area contributed by atoms with Gasteiger partial charge in [-0.3, -0.25) is 4.79 Å². The summed E-state index contributed by atoms with van der Waals surface area (Å²) in [5.41, 5.74) is 0.843. The normalized spacial score (nSPS) is 19.8. The Bertz CT molecular complexity index is 340. The smallest absolute Gasteiger partial charge is 0.254 e. The van der Waals surface area contributed by atoms with Crippen molar-refractivity contribution in [1.29, 1.82) is 0 Å². The van der Waals surface area contributed by atoms with Crippen LogP contribution in [0.2, 0.25) is 0 Å². The van der Waals surface area contributed by atoms with Gasteiger partial charge in [-0.2, -0.15) is 11.3 Å². The second-order valence-electron chi connectivity index (χ2n) is 4.33. The largest absolute Gasteiger partial charge is 0.338 e. The highest BCUT2D eigenvalue weighted by molar-refractivity contribution is 7.08. The van der Waals surface area contributed by atoms with E-state index in [0.717, 1.165) is 31.6 Å². The van der Waals surface area contributed by atoms with Gasteiger partial charge in [0, 0.05) is 18.5 Å². The highest BCUT2D eigenvalue weighted by Gasteiger charge is 2.23. The second-order valence-corrected chi connectivity index (χ2v) is 5.11. The van der Waals surface area contributed by atoms with E-state index in [4.69, 9.17) is 0 Å². The van der Waals surface area contributed by atoms with Gasteiger partial charge >= 0.3 is 0 Å². The monoisotopic (exact) mass is 274 g/mol. The molecule has 2 heterocycles. The topological polar surface area (TPSA) is 32.3 Å². The molecule has 1 saturated heterocycles. The molecule has 1 aliphatic heterocycles. The summed E-state index contributed by atoms with van der Waals surface area (Å²) >= 11 is 1.58. The second kappa shape index (κ2) is 6.99. The molecule has 0 radical (unpaired) electrons. The van der Waals surface area contributed by atoms with Crippen LogP contribution in [0.25, 0.3) is 0 Å². The van der Waals surface area contributed by atoms with Crippen LogP contribution in [-0.4, -0.2) is 37.5 Å². The number of piperidine rings is 1. The molecule has 1 aliphatic rings. The van der Waals surface area contributed by atoms with Crippen molar-refractivity contribution in [2.75, 3.05) is 26.7 Å². The van der Waals surface area contributed by atoms with Gasteiger partial charge in [-0.05, 0) is 43.8 Å². The van der Waals surface area contributed by atoms with Crippen LogP contribution in [0.4, 0.5) is 0 Å². The summed E-state index contributed by atoms with van der Waals surface area (Å²) in [6.45, 7) is 2.82. The summed E-state index contributed by atoms with van der Waals surface area (Å²) in [4.78, 5) is 14.1. The van der Waals surface area contributed by atoms with Crippen LogP contribution in [-0.2, 0) is 0 Å². The number of hydrogen-bond acceptors (Lipinski definition) is 3. The fourth-order valence-electron chi connectivity index (χ4n) is 2.27. The molecule has 0 saturated carbocycles. The Morgan fingerprint density at radius 1 is 1.65 bits per heavy atom. The average Bonchev–Trinajstić information content (AvgIpc) is 2.82. The third-order valence-corrected chi connectivity index (χ3v) is 3.75. The SMILES string of the molecule is CNCC1CCCN(C(=O)c2ccsc2)C1.Cl. The third kappa shape index (κ3) is 3.69. The molecule has 96 valence electrons. The zero-order valence-corrected chi connectivity index (χ0v) is 11.6. The van der Waals surface area contributed by atoms with E-state index in [2.05, 4.69) is 5.32 Å². The van der Waals surface area contributed by atoms with Crippen molar-refractivity contribution in [3.05, 3.63) is 22.4 Å². The number of carbonyl (C=O) groups is 1. The van der Waals surface area contributed by atoms with E-state index in [-0.39, 0.29) is 18.3 Å². The Morgan fingerprint density at radius 2 is 2.47 bits per heavy atom. The Morgan fingerprint density at radius 3 is 3.12 bits per heavy atom. The summed E-state index contributed by atoms with van der Waals surface area (Å²) in [7, 11) is 1.97. The zero-order chi connectivity index (χ0) is 11.4. The Labute approximate surface area is 113 Å². The van der Waals surface area contributed by atoms with E-state index in [1.54, 1.807) is 11.3 Å².